The molecule has 1 unspecified atom stereocenters. The van der Waals surface area contributed by atoms with Crippen LogP contribution in [0.1, 0.15) is 41.6 Å². The molecule has 0 N–H and O–H groups in total. The summed E-state index contributed by atoms with van der Waals surface area (Å²) in [6, 6.07) is 4.83. The first-order valence-corrected chi connectivity index (χ1v) is 10.2. The highest BCUT2D eigenvalue weighted by atomic mass is 32.1. The van der Waals surface area contributed by atoms with E-state index in [0.717, 1.165) is 24.4 Å². The molecular formula is C20H21FN4O2S. The van der Waals surface area contributed by atoms with Crippen molar-refractivity contribution >= 4 is 17.2 Å². The van der Waals surface area contributed by atoms with Gasteiger partial charge in [-0.3, -0.25) is 4.79 Å². The zero-order valence-corrected chi connectivity index (χ0v) is 16.4. The van der Waals surface area contributed by atoms with Crippen molar-refractivity contribution in [2.45, 2.75) is 38.5 Å². The van der Waals surface area contributed by atoms with Gasteiger partial charge in [-0.2, -0.15) is 4.98 Å². The normalized spacial score (nSPS) is 17.1. The van der Waals surface area contributed by atoms with Crippen LogP contribution in [0.5, 0.6) is 0 Å². The lowest BCUT2D eigenvalue weighted by molar-refractivity contribution is -0.132. The van der Waals surface area contributed by atoms with Gasteiger partial charge in [0, 0.05) is 49.0 Å². The molecule has 0 saturated carbocycles. The standard InChI is InChI=1S/C20H21FN4O2S/c1-13-4-5-14(11-16(13)21)19-23-17(27-24-19)6-7-18(26)25-9-2-3-15(12-25)20-22-8-10-28-20/h4-5,8,10-11,15H,2-3,6-7,9,12H2,1H3. The third-order valence-corrected chi connectivity index (χ3v) is 5.96. The van der Waals surface area contributed by atoms with Crippen LogP contribution in [0.4, 0.5) is 4.39 Å². The lowest BCUT2D eigenvalue weighted by atomic mass is 9.98. The van der Waals surface area contributed by atoms with E-state index in [2.05, 4.69) is 15.1 Å². The Morgan fingerprint density at radius 3 is 3.11 bits per heavy atom. The van der Waals surface area contributed by atoms with Gasteiger partial charge in [0.1, 0.15) is 5.82 Å². The molecule has 1 saturated heterocycles. The van der Waals surface area contributed by atoms with Gasteiger partial charge >= 0.3 is 0 Å². The summed E-state index contributed by atoms with van der Waals surface area (Å²) < 4.78 is 19.0. The minimum Gasteiger partial charge on any atom is -0.342 e. The summed E-state index contributed by atoms with van der Waals surface area (Å²) in [5.41, 5.74) is 1.13. The second-order valence-corrected chi connectivity index (χ2v) is 7.95. The molecule has 6 nitrogen and oxygen atoms in total. The number of carbonyl (C=O) groups excluding carboxylic acids is 1. The number of rotatable bonds is 5. The van der Waals surface area contributed by atoms with Gasteiger partial charge in [-0.15, -0.1) is 11.3 Å². The van der Waals surface area contributed by atoms with Crippen molar-refractivity contribution in [2.75, 3.05) is 13.1 Å². The largest absolute Gasteiger partial charge is 0.342 e. The topological polar surface area (TPSA) is 72.1 Å². The second-order valence-electron chi connectivity index (χ2n) is 7.02. The molecule has 2 aromatic heterocycles. The molecule has 3 heterocycles. The molecule has 1 atom stereocenters. The first-order chi connectivity index (χ1) is 13.6. The highest BCUT2D eigenvalue weighted by Crippen LogP contribution is 2.28. The summed E-state index contributed by atoms with van der Waals surface area (Å²) in [6.45, 7) is 3.19. The van der Waals surface area contributed by atoms with Crippen molar-refractivity contribution < 1.29 is 13.7 Å². The van der Waals surface area contributed by atoms with Gasteiger partial charge in [0.05, 0.1) is 5.01 Å². The van der Waals surface area contributed by atoms with Gasteiger partial charge in [-0.25, -0.2) is 9.37 Å². The molecular weight excluding hydrogens is 379 g/mol. The van der Waals surface area contributed by atoms with Gasteiger partial charge in [0.2, 0.25) is 17.6 Å². The number of aryl methyl sites for hydroxylation is 2. The van der Waals surface area contributed by atoms with Crippen molar-refractivity contribution in [3.8, 4) is 11.4 Å². The Labute approximate surface area is 166 Å². The molecule has 1 fully saturated rings. The first-order valence-electron chi connectivity index (χ1n) is 9.36. The average Bonchev–Trinajstić information content (AvgIpc) is 3.40. The van der Waals surface area contributed by atoms with Gasteiger partial charge in [0.25, 0.3) is 0 Å². The Morgan fingerprint density at radius 2 is 2.32 bits per heavy atom. The Hall–Kier alpha value is -2.61. The van der Waals surface area contributed by atoms with Crippen LogP contribution in [0.15, 0.2) is 34.3 Å². The molecule has 0 spiro atoms. The molecule has 0 bridgehead atoms. The molecule has 146 valence electrons. The number of hydrogen-bond donors (Lipinski definition) is 0. The lowest BCUT2D eigenvalue weighted by Crippen LogP contribution is -2.39. The average molecular weight is 400 g/mol. The smallest absolute Gasteiger partial charge is 0.227 e. The molecule has 28 heavy (non-hydrogen) atoms. The Bertz CT molecular complexity index is 957. The SMILES string of the molecule is Cc1ccc(-c2noc(CCC(=O)N3CCCC(c4nccs4)C3)n2)cc1F. The highest BCUT2D eigenvalue weighted by Gasteiger charge is 2.26. The molecule has 1 aliphatic heterocycles. The van der Waals surface area contributed by atoms with Crippen LogP contribution < -0.4 is 0 Å². The van der Waals surface area contributed by atoms with Gasteiger partial charge in [-0.1, -0.05) is 17.3 Å². The lowest BCUT2D eigenvalue weighted by Gasteiger charge is -2.31. The van der Waals surface area contributed by atoms with Crippen LogP contribution in [0, 0.1) is 12.7 Å². The summed E-state index contributed by atoms with van der Waals surface area (Å²) in [5.74, 6) is 0.825. The number of aromatic nitrogens is 3. The number of hydrogen-bond acceptors (Lipinski definition) is 6. The predicted octanol–water partition coefficient (Wildman–Crippen LogP) is 3.98. The van der Waals surface area contributed by atoms with Crippen LogP contribution in [0.3, 0.4) is 0 Å². The van der Waals surface area contributed by atoms with Crippen molar-refractivity contribution in [3.05, 3.63) is 52.1 Å². The molecule has 1 aliphatic rings. The van der Waals surface area contributed by atoms with Crippen LogP contribution >= 0.6 is 11.3 Å². The molecule has 8 heteroatoms. The molecule has 1 aromatic carbocycles. The van der Waals surface area contributed by atoms with Crippen molar-refractivity contribution in [3.63, 3.8) is 0 Å². The van der Waals surface area contributed by atoms with Crippen molar-refractivity contribution in [2.24, 2.45) is 0 Å². The maximum absolute atomic E-state index is 13.7. The minimum atomic E-state index is -0.307. The minimum absolute atomic E-state index is 0.0855. The number of piperidine rings is 1. The fourth-order valence-corrected chi connectivity index (χ4v) is 4.19. The third-order valence-electron chi connectivity index (χ3n) is 5.03. The molecule has 4 rings (SSSR count). The summed E-state index contributed by atoms with van der Waals surface area (Å²) >= 11 is 1.65. The van der Waals surface area contributed by atoms with Gasteiger partial charge in [-0.05, 0) is 31.4 Å². The number of likely N-dealkylation sites (tertiary alicyclic amines) is 1. The number of benzene rings is 1. The van der Waals surface area contributed by atoms with Crippen LogP contribution in [0.25, 0.3) is 11.4 Å². The summed E-state index contributed by atoms with van der Waals surface area (Å²) in [4.78, 5) is 23.2. The molecule has 0 aliphatic carbocycles. The number of carbonyl (C=O) groups is 1. The Morgan fingerprint density at radius 1 is 1.43 bits per heavy atom. The fraction of sp³-hybridized carbons (Fsp3) is 0.400. The van der Waals surface area contributed by atoms with E-state index in [0.29, 0.717) is 48.1 Å². The van der Waals surface area contributed by atoms with E-state index in [-0.39, 0.29) is 11.7 Å². The van der Waals surface area contributed by atoms with Crippen molar-refractivity contribution in [1.82, 2.24) is 20.0 Å². The molecule has 1 amide bonds. The van der Waals surface area contributed by atoms with E-state index >= 15 is 0 Å². The predicted molar refractivity (Wildman–Crippen MR) is 103 cm³/mol. The summed E-state index contributed by atoms with van der Waals surface area (Å²) in [6.07, 6.45) is 4.55. The van der Waals surface area contributed by atoms with E-state index in [9.17, 15) is 9.18 Å². The zero-order valence-electron chi connectivity index (χ0n) is 15.6. The monoisotopic (exact) mass is 400 g/mol. The highest BCUT2D eigenvalue weighted by molar-refractivity contribution is 7.09. The van der Waals surface area contributed by atoms with Gasteiger partial charge in [0.15, 0.2) is 0 Å². The van der Waals surface area contributed by atoms with E-state index in [1.165, 1.54) is 6.07 Å². The molecule has 0 radical (unpaired) electrons. The van der Waals surface area contributed by atoms with E-state index in [1.54, 1.807) is 30.4 Å². The number of amides is 1. The van der Waals surface area contributed by atoms with Crippen molar-refractivity contribution in [1.29, 1.82) is 0 Å². The zero-order chi connectivity index (χ0) is 19.5. The number of nitrogens with zero attached hydrogens (tertiary/aromatic N) is 4. The van der Waals surface area contributed by atoms with Crippen LogP contribution in [0.2, 0.25) is 0 Å². The Kier molecular flexibility index (Phi) is 5.47. The summed E-state index contributed by atoms with van der Waals surface area (Å²) in [7, 11) is 0. The Balaban J connectivity index is 1.35. The maximum atomic E-state index is 13.7. The third kappa shape index (κ3) is 4.11. The van der Waals surface area contributed by atoms with E-state index in [4.69, 9.17) is 4.52 Å². The second kappa shape index (κ2) is 8.18. The van der Waals surface area contributed by atoms with E-state index < -0.39 is 0 Å². The quantitative estimate of drug-likeness (QED) is 0.648. The number of halogens is 1. The summed E-state index contributed by atoms with van der Waals surface area (Å²) in [5, 5.41) is 6.99. The van der Waals surface area contributed by atoms with Crippen LogP contribution in [-0.2, 0) is 11.2 Å². The van der Waals surface area contributed by atoms with Gasteiger partial charge < -0.3 is 9.42 Å². The first kappa shape index (κ1) is 18.7. The van der Waals surface area contributed by atoms with Crippen LogP contribution in [-0.4, -0.2) is 39.0 Å². The van der Waals surface area contributed by atoms with E-state index in [1.807, 2.05) is 16.5 Å². The fourth-order valence-electron chi connectivity index (χ4n) is 3.42. The maximum Gasteiger partial charge on any atom is 0.227 e. The molecule has 3 aromatic rings. The number of thiazole rings is 1.